The Bertz CT molecular complexity index is 649. The van der Waals surface area contributed by atoms with Crippen LogP contribution in [0.25, 0.3) is 11.1 Å². The first kappa shape index (κ1) is 12.7. The number of rotatable bonds is 3. The zero-order chi connectivity index (χ0) is 14.1. The molecule has 1 heterocycles. The van der Waals surface area contributed by atoms with E-state index in [-0.39, 0.29) is 6.79 Å². The average molecular weight is 272 g/mol. The Labute approximate surface area is 117 Å². The third-order valence-electron chi connectivity index (χ3n) is 3.40. The molecule has 1 aliphatic rings. The van der Waals surface area contributed by atoms with Crippen LogP contribution < -0.4 is 18.9 Å². The first-order valence-corrected chi connectivity index (χ1v) is 6.36. The van der Waals surface area contributed by atoms with Crippen LogP contribution >= 0.6 is 0 Å². The lowest BCUT2D eigenvalue weighted by atomic mass is 10.00. The maximum absolute atomic E-state index is 5.54. The molecule has 3 rings (SSSR count). The summed E-state index contributed by atoms with van der Waals surface area (Å²) in [6, 6.07) is 9.75. The van der Waals surface area contributed by atoms with Gasteiger partial charge in [0, 0.05) is 0 Å². The summed E-state index contributed by atoms with van der Waals surface area (Å²) in [4.78, 5) is 0. The fraction of sp³-hybridized carbons (Fsp3) is 0.250. The van der Waals surface area contributed by atoms with Gasteiger partial charge in [0.05, 0.1) is 19.8 Å². The van der Waals surface area contributed by atoms with E-state index in [0.29, 0.717) is 0 Å². The van der Waals surface area contributed by atoms with Crippen LogP contribution in [0.5, 0.6) is 23.0 Å². The molecule has 4 heteroatoms. The van der Waals surface area contributed by atoms with Gasteiger partial charge in [0.15, 0.2) is 11.5 Å². The lowest BCUT2D eigenvalue weighted by Crippen LogP contribution is -1.95. The molecular formula is C16H16O4. The quantitative estimate of drug-likeness (QED) is 0.858. The molecule has 0 radical (unpaired) electrons. The van der Waals surface area contributed by atoms with Crippen molar-refractivity contribution in [1.29, 1.82) is 0 Å². The second kappa shape index (κ2) is 4.96. The summed E-state index contributed by atoms with van der Waals surface area (Å²) in [7, 11) is 3.32. The van der Waals surface area contributed by atoms with Gasteiger partial charge in [-0.15, -0.1) is 0 Å². The van der Waals surface area contributed by atoms with Crippen molar-refractivity contribution >= 4 is 0 Å². The van der Waals surface area contributed by atoms with Gasteiger partial charge >= 0.3 is 0 Å². The predicted molar refractivity (Wildman–Crippen MR) is 75.8 cm³/mol. The van der Waals surface area contributed by atoms with Crippen LogP contribution in [0.3, 0.4) is 0 Å². The summed E-state index contributed by atoms with van der Waals surface area (Å²) in [5.41, 5.74) is 2.96. The van der Waals surface area contributed by atoms with Crippen LogP contribution in [0, 0.1) is 6.92 Å². The highest BCUT2D eigenvalue weighted by Gasteiger charge is 2.19. The number of benzene rings is 2. The third kappa shape index (κ3) is 1.93. The van der Waals surface area contributed by atoms with E-state index in [1.54, 1.807) is 14.2 Å². The average Bonchev–Trinajstić information content (AvgIpc) is 2.94. The van der Waals surface area contributed by atoms with Gasteiger partial charge in [0.25, 0.3) is 0 Å². The molecule has 0 bridgehead atoms. The third-order valence-corrected chi connectivity index (χ3v) is 3.40. The minimum Gasteiger partial charge on any atom is -0.496 e. The summed E-state index contributed by atoms with van der Waals surface area (Å²) in [5, 5.41) is 0. The van der Waals surface area contributed by atoms with Crippen molar-refractivity contribution in [2.24, 2.45) is 0 Å². The normalized spacial score (nSPS) is 12.3. The SMILES string of the molecule is COc1ccc(C)c(OC)c1-c1ccc2c(c1)OCO2. The predicted octanol–water partition coefficient (Wildman–Crippen LogP) is 3.41. The van der Waals surface area contributed by atoms with Crippen LogP contribution in [0.15, 0.2) is 30.3 Å². The van der Waals surface area contributed by atoms with E-state index >= 15 is 0 Å². The number of ether oxygens (including phenoxy) is 4. The van der Waals surface area contributed by atoms with E-state index in [1.165, 1.54) is 0 Å². The number of aryl methyl sites for hydroxylation is 1. The highest BCUT2D eigenvalue weighted by atomic mass is 16.7. The maximum atomic E-state index is 5.54. The van der Waals surface area contributed by atoms with Crippen molar-refractivity contribution in [1.82, 2.24) is 0 Å². The zero-order valence-electron chi connectivity index (χ0n) is 11.7. The molecule has 0 saturated heterocycles. The van der Waals surface area contributed by atoms with E-state index in [2.05, 4.69) is 0 Å². The van der Waals surface area contributed by atoms with E-state index in [0.717, 1.165) is 39.7 Å². The number of hydrogen-bond acceptors (Lipinski definition) is 4. The van der Waals surface area contributed by atoms with Crippen LogP contribution in [0.4, 0.5) is 0 Å². The monoisotopic (exact) mass is 272 g/mol. The van der Waals surface area contributed by atoms with E-state index in [1.807, 2.05) is 37.3 Å². The summed E-state index contributed by atoms with van der Waals surface area (Å²) >= 11 is 0. The van der Waals surface area contributed by atoms with Gasteiger partial charge in [-0.3, -0.25) is 0 Å². The maximum Gasteiger partial charge on any atom is 0.231 e. The number of fused-ring (bicyclic) bond motifs is 1. The molecule has 2 aromatic rings. The van der Waals surface area contributed by atoms with E-state index in [4.69, 9.17) is 18.9 Å². The van der Waals surface area contributed by atoms with Gasteiger partial charge in [0.1, 0.15) is 11.5 Å². The van der Waals surface area contributed by atoms with Crippen LogP contribution in [-0.2, 0) is 0 Å². The topological polar surface area (TPSA) is 36.9 Å². The number of methoxy groups -OCH3 is 2. The second-order valence-corrected chi connectivity index (χ2v) is 4.56. The smallest absolute Gasteiger partial charge is 0.231 e. The molecule has 0 atom stereocenters. The lowest BCUT2D eigenvalue weighted by Gasteiger charge is -2.15. The molecule has 1 aliphatic heterocycles. The Morgan fingerprint density at radius 3 is 2.50 bits per heavy atom. The van der Waals surface area contributed by atoms with E-state index in [9.17, 15) is 0 Å². The van der Waals surface area contributed by atoms with Crippen molar-refractivity contribution in [2.45, 2.75) is 6.92 Å². The van der Waals surface area contributed by atoms with Gasteiger partial charge < -0.3 is 18.9 Å². The summed E-state index contributed by atoms with van der Waals surface area (Å²) in [5.74, 6) is 3.09. The molecule has 20 heavy (non-hydrogen) atoms. The summed E-state index contributed by atoms with van der Waals surface area (Å²) < 4.78 is 21.8. The molecule has 0 spiro atoms. The minimum absolute atomic E-state index is 0.265. The van der Waals surface area contributed by atoms with Gasteiger partial charge in [-0.1, -0.05) is 12.1 Å². The van der Waals surface area contributed by atoms with Gasteiger partial charge in [-0.25, -0.2) is 0 Å². The highest BCUT2D eigenvalue weighted by molar-refractivity contribution is 5.80. The molecule has 2 aromatic carbocycles. The van der Waals surface area contributed by atoms with Gasteiger partial charge in [-0.05, 0) is 36.2 Å². The zero-order valence-corrected chi connectivity index (χ0v) is 11.7. The summed E-state index contributed by atoms with van der Waals surface area (Å²) in [6.45, 7) is 2.27. The van der Waals surface area contributed by atoms with Gasteiger partial charge in [0.2, 0.25) is 6.79 Å². The fourth-order valence-electron chi connectivity index (χ4n) is 2.43. The minimum atomic E-state index is 0.265. The molecule has 0 amide bonds. The van der Waals surface area contributed by atoms with Crippen molar-refractivity contribution in [3.8, 4) is 34.1 Å². The summed E-state index contributed by atoms with van der Waals surface area (Å²) in [6.07, 6.45) is 0. The Morgan fingerprint density at radius 1 is 0.950 bits per heavy atom. The second-order valence-electron chi connectivity index (χ2n) is 4.56. The van der Waals surface area contributed by atoms with Crippen LogP contribution in [0.1, 0.15) is 5.56 Å². The van der Waals surface area contributed by atoms with Crippen molar-refractivity contribution in [2.75, 3.05) is 21.0 Å². The Hall–Kier alpha value is -2.36. The Balaban J connectivity index is 2.20. The van der Waals surface area contributed by atoms with Crippen molar-refractivity contribution in [3.63, 3.8) is 0 Å². The standard InChI is InChI=1S/C16H16O4/c1-10-4-6-13(17-2)15(16(10)18-3)11-5-7-12-14(8-11)20-9-19-12/h4-8H,9H2,1-3H3. The number of hydrogen-bond donors (Lipinski definition) is 0. The Kier molecular flexibility index (Phi) is 3.14. The molecule has 104 valence electrons. The molecule has 0 aliphatic carbocycles. The molecular weight excluding hydrogens is 256 g/mol. The van der Waals surface area contributed by atoms with E-state index < -0.39 is 0 Å². The molecule has 0 unspecified atom stereocenters. The molecule has 0 aromatic heterocycles. The molecule has 0 saturated carbocycles. The first-order valence-electron chi connectivity index (χ1n) is 6.36. The largest absolute Gasteiger partial charge is 0.496 e. The Morgan fingerprint density at radius 2 is 1.75 bits per heavy atom. The molecule has 4 nitrogen and oxygen atoms in total. The van der Waals surface area contributed by atoms with Crippen LogP contribution in [-0.4, -0.2) is 21.0 Å². The molecule has 0 N–H and O–H groups in total. The molecule has 0 fully saturated rings. The first-order chi connectivity index (χ1) is 9.74. The fourth-order valence-corrected chi connectivity index (χ4v) is 2.43. The lowest BCUT2D eigenvalue weighted by molar-refractivity contribution is 0.174. The van der Waals surface area contributed by atoms with Crippen LogP contribution in [0.2, 0.25) is 0 Å². The van der Waals surface area contributed by atoms with Crippen molar-refractivity contribution in [3.05, 3.63) is 35.9 Å². The van der Waals surface area contributed by atoms with Crippen molar-refractivity contribution < 1.29 is 18.9 Å². The highest BCUT2D eigenvalue weighted by Crippen LogP contribution is 2.44. The van der Waals surface area contributed by atoms with Gasteiger partial charge in [-0.2, -0.15) is 0 Å².